The summed E-state index contributed by atoms with van der Waals surface area (Å²) in [6.45, 7) is 2.49. The Labute approximate surface area is 112 Å². The van der Waals surface area contributed by atoms with E-state index >= 15 is 0 Å². The first kappa shape index (κ1) is 13.4. The van der Waals surface area contributed by atoms with E-state index < -0.39 is 5.97 Å². The van der Waals surface area contributed by atoms with Gasteiger partial charge in [-0.25, -0.2) is 0 Å². The number of hydrogen-bond acceptors (Lipinski definition) is 4. The maximum absolute atomic E-state index is 10.7. The first-order chi connectivity index (χ1) is 9.20. The molecule has 1 fully saturated rings. The number of benzene rings is 1. The monoisotopic (exact) mass is 259 g/mol. The van der Waals surface area contributed by atoms with Gasteiger partial charge < -0.3 is 15.3 Å². The average Bonchev–Trinajstić information content (AvgIpc) is 2.45. The highest BCUT2D eigenvalue weighted by molar-refractivity contribution is 5.66. The molecule has 5 heteroatoms. The molecule has 1 heterocycles. The molecule has 1 aliphatic heterocycles. The van der Waals surface area contributed by atoms with Gasteiger partial charge in [0.2, 0.25) is 0 Å². The number of nitrogens with zero attached hydrogens (tertiary/aromatic N) is 2. The summed E-state index contributed by atoms with van der Waals surface area (Å²) in [5.74, 6) is -0.767. The van der Waals surface area contributed by atoms with Gasteiger partial charge in [0.05, 0.1) is 11.6 Å². The molecule has 0 radical (unpaired) electrons. The average molecular weight is 259 g/mol. The standard InChI is InChI=1S/C14H17N3O2/c15-9-11-2-1-3-12(8-11)17-7-6-16-10-13(17)4-5-14(18)19/h1-3,8,13,16H,4-7,10H2,(H,18,19). The second-order valence-electron chi connectivity index (χ2n) is 4.65. The van der Waals surface area contributed by atoms with Crippen LogP contribution in [0, 0.1) is 11.3 Å². The summed E-state index contributed by atoms with van der Waals surface area (Å²) in [6.07, 6.45) is 0.778. The van der Waals surface area contributed by atoms with Crippen LogP contribution in [0.3, 0.4) is 0 Å². The van der Waals surface area contributed by atoms with Gasteiger partial charge in [0.15, 0.2) is 0 Å². The highest BCUT2D eigenvalue weighted by atomic mass is 16.4. The highest BCUT2D eigenvalue weighted by Crippen LogP contribution is 2.21. The number of rotatable bonds is 4. The van der Waals surface area contributed by atoms with Gasteiger partial charge in [-0.2, -0.15) is 5.26 Å². The highest BCUT2D eigenvalue weighted by Gasteiger charge is 2.23. The van der Waals surface area contributed by atoms with Crippen molar-refractivity contribution in [2.75, 3.05) is 24.5 Å². The van der Waals surface area contributed by atoms with Crippen LogP contribution in [0.25, 0.3) is 0 Å². The van der Waals surface area contributed by atoms with Gasteiger partial charge in [0.1, 0.15) is 0 Å². The summed E-state index contributed by atoms with van der Waals surface area (Å²) in [4.78, 5) is 12.9. The fraction of sp³-hybridized carbons (Fsp3) is 0.429. The van der Waals surface area contributed by atoms with Crippen molar-refractivity contribution >= 4 is 11.7 Å². The number of carboxylic acids is 1. The number of nitrogens with one attached hydrogen (secondary N) is 1. The number of carbonyl (C=O) groups is 1. The Morgan fingerprint density at radius 1 is 1.58 bits per heavy atom. The van der Waals surface area contributed by atoms with E-state index in [-0.39, 0.29) is 12.5 Å². The maximum Gasteiger partial charge on any atom is 0.303 e. The topological polar surface area (TPSA) is 76.4 Å². The van der Waals surface area contributed by atoms with Crippen LogP contribution in [0.15, 0.2) is 24.3 Å². The third kappa shape index (κ3) is 3.46. The van der Waals surface area contributed by atoms with Crippen molar-refractivity contribution in [1.82, 2.24) is 5.32 Å². The molecule has 0 bridgehead atoms. The van der Waals surface area contributed by atoms with E-state index in [1.54, 1.807) is 6.07 Å². The summed E-state index contributed by atoms with van der Waals surface area (Å²) in [5, 5.41) is 21.0. The van der Waals surface area contributed by atoms with Gasteiger partial charge in [-0.15, -0.1) is 0 Å². The van der Waals surface area contributed by atoms with Gasteiger partial charge in [0, 0.05) is 37.8 Å². The third-order valence-electron chi connectivity index (χ3n) is 3.35. The van der Waals surface area contributed by atoms with Crippen LogP contribution >= 0.6 is 0 Å². The van der Waals surface area contributed by atoms with Crippen molar-refractivity contribution in [3.05, 3.63) is 29.8 Å². The minimum absolute atomic E-state index is 0.166. The normalized spacial score (nSPS) is 18.9. The summed E-state index contributed by atoms with van der Waals surface area (Å²) < 4.78 is 0. The van der Waals surface area contributed by atoms with Crippen LogP contribution < -0.4 is 10.2 Å². The molecule has 0 saturated carbocycles. The predicted octanol–water partition coefficient (Wildman–Crippen LogP) is 1.20. The first-order valence-electron chi connectivity index (χ1n) is 6.40. The molecule has 1 atom stereocenters. The largest absolute Gasteiger partial charge is 0.481 e. The zero-order valence-electron chi connectivity index (χ0n) is 10.7. The smallest absolute Gasteiger partial charge is 0.303 e. The minimum atomic E-state index is -0.767. The molecule has 0 spiro atoms. The van der Waals surface area contributed by atoms with E-state index in [2.05, 4.69) is 16.3 Å². The van der Waals surface area contributed by atoms with Gasteiger partial charge in [-0.1, -0.05) is 6.07 Å². The minimum Gasteiger partial charge on any atom is -0.481 e. The lowest BCUT2D eigenvalue weighted by molar-refractivity contribution is -0.137. The molecule has 1 aromatic carbocycles. The Morgan fingerprint density at radius 2 is 2.42 bits per heavy atom. The molecule has 19 heavy (non-hydrogen) atoms. The second kappa shape index (κ2) is 6.21. The Hall–Kier alpha value is -2.06. The Balaban J connectivity index is 2.14. The summed E-state index contributed by atoms with van der Waals surface area (Å²) >= 11 is 0. The number of nitriles is 1. The van der Waals surface area contributed by atoms with Gasteiger partial charge >= 0.3 is 5.97 Å². The molecule has 0 amide bonds. The molecular formula is C14H17N3O2. The second-order valence-corrected chi connectivity index (χ2v) is 4.65. The van der Waals surface area contributed by atoms with E-state index in [1.807, 2.05) is 18.2 Å². The van der Waals surface area contributed by atoms with Crippen molar-refractivity contribution in [1.29, 1.82) is 5.26 Å². The predicted molar refractivity (Wildman–Crippen MR) is 72.0 cm³/mol. The van der Waals surface area contributed by atoms with Crippen molar-refractivity contribution < 1.29 is 9.90 Å². The molecular weight excluding hydrogens is 242 g/mol. The van der Waals surface area contributed by atoms with Crippen LogP contribution in [-0.4, -0.2) is 36.8 Å². The lowest BCUT2D eigenvalue weighted by Crippen LogP contribution is -2.51. The molecule has 1 unspecified atom stereocenters. The number of hydrogen-bond donors (Lipinski definition) is 2. The zero-order valence-corrected chi connectivity index (χ0v) is 10.7. The zero-order chi connectivity index (χ0) is 13.7. The van der Waals surface area contributed by atoms with Crippen LogP contribution in [0.4, 0.5) is 5.69 Å². The molecule has 0 aliphatic carbocycles. The first-order valence-corrected chi connectivity index (χ1v) is 6.40. The Bertz CT molecular complexity index is 496. The number of piperazine rings is 1. The summed E-state index contributed by atoms with van der Waals surface area (Å²) in [5.41, 5.74) is 1.63. The lowest BCUT2D eigenvalue weighted by Gasteiger charge is -2.38. The van der Waals surface area contributed by atoms with Crippen LogP contribution in [0.2, 0.25) is 0 Å². The molecule has 1 aromatic rings. The fourth-order valence-electron chi connectivity index (χ4n) is 2.40. The molecule has 0 aromatic heterocycles. The van der Waals surface area contributed by atoms with Crippen molar-refractivity contribution in [3.8, 4) is 6.07 Å². The van der Waals surface area contributed by atoms with E-state index in [9.17, 15) is 4.79 Å². The van der Waals surface area contributed by atoms with Crippen LogP contribution in [0.5, 0.6) is 0 Å². The van der Waals surface area contributed by atoms with Crippen molar-refractivity contribution in [2.45, 2.75) is 18.9 Å². The van der Waals surface area contributed by atoms with Crippen LogP contribution in [-0.2, 0) is 4.79 Å². The van der Waals surface area contributed by atoms with Crippen LogP contribution in [0.1, 0.15) is 18.4 Å². The molecule has 1 aliphatic rings. The molecule has 1 saturated heterocycles. The number of anilines is 1. The number of aliphatic carboxylic acids is 1. The molecule has 5 nitrogen and oxygen atoms in total. The lowest BCUT2D eigenvalue weighted by atomic mass is 10.1. The third-order valence-corrected chi connectivity index (χ3v) is 3.35. The Morgan fingerprint density at radius 3 is 3.16 bits per heavy atom. The molecule has 2 rings (SSSR count). The number of carboxylic acid groups (broad SMARTS) is 1. The SMILES string of the molecule is N#Cc1cccc(N2CCNCC2CCC(=O)O)c1. The Kier molecular flexibility index (Phi) is 4.37. The van der Waals surface area contributed by atoms with Gasteiger partial charge in [-0.05, 0) is 24.6 Å². The van der Waals surface area contributed by atoms with Gasteiger partial charge in [0.25, 0.3) is 0 Å². The van der Waals surface area contributed by atoms with E-state index in [1.165, 1.54) is 0 Å². The molecule has 100 valence electrons. The van der Waals surface area contributed by atoms with Crippen molar-refractivity contribution in [2.24, 2.45) is 0 Å². The quantitative estimate of drug-likeness (QED) is 0.849. The summed E-state index contributed by atoms with van der Waals surface area (Å²) in [6, 6.07) is 9.77. The van der Waals surface area contributed by atoms with E-state index in [0.717, 1.165) is 25.3 Å². The van der Waals surface area contributed by atoms with Crippen molar-refractivity contribution in [3.63, 3.8) is 0 Å². The maximum atomic E-state index is 10.7. The van der Waals surface area contributed by atoms with E-state index in [0.29, 0.717) is 12.0 Å². The molecule has 2 N–H and O–H groups in total. The van der Waals surface area contributed by atoms with Gasteiger partial charge in [-0.3, -0.25) is 4.79 Å². The summed E-state index contributed by atoms with van der Waals surface area (Å²) in [7, 11) is 0. The fourth-order valence-corrected chi connectivity index (χ4v) is 2.40. The van der Waals surface area contributed by atoms with E-state index in [4.69, 9.17) is 10.4 Å².